The Labute approximate surface area is 163 Å². The highest BCUT2D eigenvalue weighted by Gasteiger charge is 2.40. The maximum Gasteiger partial charge on any atom is 0.267 e. The number of aromatic nitrogens is 1. The van der Waals surface area contributed by atoms with Crippen molar-refractivity contribution in [1.82, 2.24) is 4.98 Å². The van der Waals surface area contributed by atoms with Crippen LogP contribution in [0.25, 0.3) is 0 Å². The van der Waals surface area contributed by atoms with E-state index in [1.54, 1.807) is 32.0 Å². The first kappa shape index (κ1) is 18.7. The molecule has 0 aliphatic carbocycles. The van der Waals surface area contributed by atoms with Gasteiger partial charge < -0.3 is 4.74 Å². The van der Waals surface area contributed by atoms with Gasteiger partial charge in [-0.15, -0.1) is 0 Å². The fraction of sp³-hybridized carbons (Fsp3) is 0.0952. The Morgan fingerprint density at radius 2 is 1.34 bits per heavy atom. The van der Waals surface area contributed by atoms with E-state index < -0.39 is 41.0 Å². The molecule has 0 fully saturated rings. The maximum absolute atomic E-state index is 15.1. The van der Waals surface area contributed by atoms with Gasteiger partial charge in [-0.25, -0.2) is 4.90 Å². The van der Waals surface area contributed by atoms with Crippen LogP contribution in [0.4, 0.5) is 19.0 Å². The lowest BCUT2D eigenvalue weighted by Crippen LogP contribution is -2.31. The van der Waals surface area contributed by atoms with E-state index in [1.165, 1.54) is 24.3 Å². The summed E-state index contributed by atoms with van der Waals surface area (Å²) in [6.07, 6.45) is 0. The lowest BCUT2D eigenvalue weighted by molar-refractivity contribution is 0.0923. The Hall–Kier alpha value is -3.68. The summed E-state index contributed by atoms with van der Waals surface area (Å²) in [4.78, 5) is 28.7. The van der Waals surface area contributed by atoms with Crippen LogP contribution in [0.15, 0.2) is 42.5 Å². The number of aryl methyl sites for hydroxylation is 2. The Morgan fingerprint density at radius 1 is 0.793 bits per heavy atom. The number of halogens is 3. The number of carbonyl (C=O) groups is 2. The van der Waals surface area contributed by atoms with Gasteiger partial charge in [-0.05, 0) is 37.1 Å². The molecule has 2 aromatic carbocycles. The summed E-state index contributed by atoms with van der Waals surface area (Å²) in [6.45, 7) is 3.31. The van der Waals surface area contributed by atoms with Crippen LogP contribution in [0.2, 0.25) is 0 Å². The number of benzene rings is 2. The number of carbonyl (C=O) groups excluding carboxylic acids is 2. The van der Waals surface area contributed by atoms with E-state index in [2.05, 4.69) is 4.98 Å². The molecule has 0 N–H and O–H groups in total. The van der Waals surface area contributed by atoms with Gasteiger partial charge in [0.1, 0.15) is 5.75 Å². The standard InChI is InChI=1S/C21H13F3N2O3/c1-10-6-5-7-11(2)16(10)29-17-14(22)18(24)25-19(15(17)23)26-20(27)12-8-3-4-9-13(12)21(26)28/h3-9H,1-2H3. The summed E-state index contributed by atoms with van der Waals surface area (Å²) < 4.78 is 49.0. The molecule has 0 atom stereocenters. The van der Waals surface area contributed by atoms with Crippen LogP contribution in [-0.4, -0.2) is 16.8 Å². The minimum absolute atomic E-state index is 0.0145. The van der Waals surface area contributed by atoms with Gasteiger partial charge in [0.15, 0.2) is 5.82 Å². The van der Waals surface area contributed by atoms with Crippen LogP contribution in [0.5, 0.6) is 11.5 Å². The number of ether oxygens (including phenoxy) is 1. The fourth-order valence-corrected chi connectivity index (χ4v) is 3.16. The van der Waals surface area contributed by atoms with Crippen LogP contribution < -0.4 is 9.64 Å². The third-order valence-corrected chi connectivity index (χ3v) is 4.60. The number of imide groups is 1. The van der Waals surface area contributed by atoms with E-state index in [1.807, 2.05) is 0 Å². The van der Waals surface area contributed by atoms with Gasteiger partial charge in [0.05, 0.1) is 11.1 Å². The highest BCUT2D eigenvalue weighted by molar-refractivity contribution is 6.34. The van der Waals surface area contributed by atoms with Gasteiger partial charge >= 0.3 is 0 Å². The van der Waals surface area contributed by atoms with E-state index in [-0.39, 0.29) is 16.9 Å². The Morgan fingerprint density at radius 3 is 1.90 bits per heavy atom. The summed E-state index contributed by atoms with van der Waals surface area (Å²) in [5.41, 5.74) is 1.15. The van der Waals surface area contributed by atoms with Crippen LogP contribution in [-0.2, 0) is 0 Å². The molecular formula is C21H13F3N2O3. The molecular weight excluding hydrogens is 385 g/mol. The van der Waals surface area contributed by atoms with Gasteiger partial charge in [-0.2, -0.15) is 18.2 Å². The van der Waals surface area contributed by atoms with Crippen molar-refractivity contribution >= 4 is 17.6 Å². The quantitative estimate of drug-likeness (QED) is 0.474. The van der Waals surface area contributed by atoms with Crippen LogP contribution in [0.1, 0.15) is 31.8 Å². The monoisotopic (exact) mass is 398 g/mol. The smallest absolute Gasteiger partial charge is 0.267 e. The van der Waals surface area contributed by atoms with Crippen molar-refractivity contribution in [2.45, 2.75) is 13.8 Å². The molecule has 1 aliphatic heterocycles. The molecule has 1 aromatic heterocycles. The molecule has 0 unspecified atom stereocenters. The van der Waals surface area contributed by atoms with Gasteiger partial charge in [-0.1, -0.05) is 30.3 Å². The summed E-state index contributed by atoms with van der Waals surface area (Å²) in [7, 11) is 0. The number of para-hydroxylation sites is 1. The number of nitrogens with zero attached hydrogens (tertiary/aromatic N) is 2. The van der Waals surface area contributed by atoms with Gasteiger partial charge in [-0.3, -0.25) is 9.59 Å². The highest BCUT2D eigenvalue weighted by atomic mass is 19.2. The molecule has 0 radical (unpaired) electrons. The molecule has 4 rings (SSSR count). The van der Waals surface area contributed by atoms with Gasteiger partial charge in [0, 0.05) is 0 Å². The van der Waals surface area contributed by atoms with Crippen molar-refractivity contribution in [3.63, 3.8) is 0 Å². The molecule has 8 heteroatoms. The third-order valence-electron chi connectivity index (χ3n) is 4.60. The SMILES string of the molecule is Cc1cccc(C)c1Oc1c(F)c(F)nc(N2C(=O)c3ccccc3C2=O)c1F. The average Bonchev–Trinajstić information content (AvgIpc) is 2.95. The first-order valence-corrected chi connectivity index (χ1v) is 8.57. The van der Waals surface area contributed by atoms with E-state index in [4.69, 9.17) is 4.74 Å². The van der Waals surface area contributed by atoms with E-state index in [9.17, 15) is 18.4 Å². The molecule has 2 heterocycles. The number of hydrogen-bond acceptors (Lipinski definition) is 4. The minimum Gasteiger partial charge on any atom is -0.450 e. The lowest BCUT2D eigenvalue weighted by atomic mass is 10.1. The molecule has 0 bridgehead atoms. The van der Waals surface area contributed by atoms with Crippen LogP contribution >= 0.6 is 0 Å². The molecule has 5 nitrogen and oxygen atoms in total. The van der Waals surface area contributed by atoms with Crippen molar-refractivity contribution in [2.24, 2.45) is 0 Å². The molecule has 0 saturated heterocycles. The van der Waals surface area contributed by atoms with Crippen molar-refractivity contribution < 1.29 is 27.5 Å². The fourth-order valence-electron chi connectivity index (χ4n) is 3.16. The Bertz CT molecular complexity index is 1140. The number of rotatable bonds is 3. The molecule has 146 valence electrons. The molecule has 0 spiro atoms. The zero-order chi connectivity index (χ0) is 20.9. The third kappa shape index (κ3) is 2.84. The number of fused-ring (bicyclic) bond motifs is 1. The van der Waals surface area contributed by atoms with Crippen molar-refractivity contribution in [3.05, 3.63) is 82.3 Å². The molecule has 0 saturated carbocycles. The topological polar surface area (TPSA) is 59.5 Å². The van der Waals surface area contributed by atoms with E-state index >= 15 is 4.39 Å². The Balaban J connectivity index is 1.86. The van der Waals surface area contributed by atoms with Crippen molar-refractivity contribution in [2.75, 3.05) is 4.90 Å². The van der Waals surface area contributed by atoms with Crippen molar-refractivity contribution in [1.29, 1.82) is 0 Å². The number of hydrogen-bond donors (Lipinski definition) is 0. The van der Waals surface area contributed by atoms with E-state index in [0.717, 1.165) is 0 Å². The summed E-state index contributed by atoms with van der Waals surface area (Å²) in [6, 6.07) is 10.8. The second-order valence-electron chi connectivity index (χ2n) is 6.50. The maximum atomic E-state index is 15.1. The molecule has 3 aromatic rings. The zero-order valence-electron chi connectivity index (χ0n) is 15.3. The highest BCUT2D eigenvalue weighted by Crippen LogP contribution is 2.38. The van der Waals surface area contributed by atoms with Crippen LogP contribution in [0.3, 0.4) is 0 Å². The largest absolute Gasteiger partial charge is 0.450 e. The first-order valence-electron chi connectivity index (χ1n) is 8.57. The average molecular weight is 398 g/mol. The predicted molar refractivity (Wildman–Crippen MR) is 97.7 cm³/mol. The summed E-state index contributed by atoms with van der Waals surface area (Å²) in [5.74, 6) is -8.50. The molecule has 29 heavy (non-hydrogen) atoms. The number of pyridine rings is 1. The number of anilines is 1. The minimum atomic E-state index is -1.70. The molecule has 2 amide bonds. The lowest BCUT2D eigenvalue weighted by Gasteiger charge is -2.18. The Kier molecular flexibility index (Phi) is 4.34. The second-order valence-corrected chi connectivity index (χ2v) is 6.50. The van der Waals surface area contributed by atoms with Gasteiger partial charge in [0.25, 0.3) is 17.8 Å². The summed E-state index contributed by atoms with van der Waals surface area (Å²) >= 11 is 0. The van der Waals surface area contributed by atoms with Crippen molar-refractivity contribution in [3.8, 4) is 11.5 Å². The first-order chi connectivity index (χ1) is 13.8. The molecule has 1 aliphatic rings. The zero-order valence-corrected chi connectivity index (χ0v) is 15.3. The summed E-state index contributed by atoms with van der Waals surface area (Å²) in [5, 5.41) is 0. The van der Waals surface area contributed by atoms with Gasteiger partial charge in [0.2, 0.25) is 17.4 Å². The second kappa shape index (κ2) is 6.73. The predicted octanol–water partition coefficient (Wildman–Crippen LogP) is 4.71. The van der Waals surface area contributed by atoms with Crippen LogP contribution in [0, 0.1) is 31.4 Å². The van der Waals surface area contributed by atoms with E-state index in [0.29, 0.717) is 16.0 Å². The number of amides is 2. The normalized spacial score (nSPS) is 13.1.